The molecular formula is C18H16BrClN2O2. The summed E-state index contributed by atoms with van der Waals surface area (Å²) >= 11 is 9.32. The first-order valence-electron chi connectivity index (χ1n) is 7.19. The number of allylic oxidation sites excluding steroid dienone is 1. The summed E-state index contributed by atoms with van der Waals surface area (Å²) in [6.07, 6.45) is 3.74. The maximum atomic E-state index is 11.8. The molecule has 0 radical (unpaired) electrons. The zero-order valence-corrected chi connectivity index (χ0v) is 15.3. The highest BCUT2D eigenvalue weighted by molar-refractivity contribution is 9.10. The molecule has 2 rings (SSSR count). The van der Waals surface area contributed by atoms with E-state index in [9.17, 15) is 4.79 Å². The summed E-state index contributed by atoms with van der Waals surface area (Å²) in [5.74, 6) is 0.0844. The molecule has 124 valence electrons. The van der Waals surface area contributed by atoms with Crippen LogP contribution in [0.4, 0.5) is 0 Å². The van der Waals surface area contributed by atoms with Crippen molar-refractivity contribution in [3.05, 3.63) is 69.7 Å². The molecule has 0 unspecified atom stereocenters. The summed E-state index contributed by atoms with van der Waals surface area (Å²) in [7, 11) is 0. The van der Waals surface area contributed by atoms with Crippen molar-refractivity contribution in [3.8, 4) is 5.75 Å². The molecule has 24 heavy (non-hydrogen) atoms. The van der Waals surface area contributed by atoms with Gasteiger partial charge in [0, 0.05) is 4.47 Å². The largest absolute Gasteiger partial charge is 0.482 e. The van der Waals surface area contributed by atoms with E-state index in [1.807, 2.05) is 42.5 Å². The lowest BCUT2D eigenvalue weighted by molar-refractivity contribution is -0.123. The second-order valence-electron chi connectivity index (χ2n) is 4.90. The standard InChI is InChI=1S/C18H16BrClN2O2/c1-13(7-8-14-5-3-2-4-6-14)21-22-18(23)12-24-17-10-9-15(19)11-16(17)20/h2-11H,12H2,1H3,(H,22,23). The second kappa shape index (κ2) is 9.25. The first kappa shape index (κ1) is 18.2. The van der Waals surface area contributed by atoms with Crippen LogP contribution in [0.2, 0.25) is 5.02 Å². The predicted octanol–water partition coefficient (Wildman–Crippen LogP) is 4.69. The van der Waals surface area contributed by atoms with Crippen LogP contribution in [0.15, 0.2) is 64.2 Å². The Hall–Kier alpha value is -2.11. The number of nitrogens with one attached hydrogen (secondary N) is 1. The van der Waals surface area contributed by atoms with Crippen LogP contribution in [0.3, 0.4) is 0 Å². The van der Waals surface area contributed by atoms with Crippen molar-refractivity contribution in [1.82, 2.24) is 5.43 Å². The predicted molar refractivity (Wildman–Crippen MR) is 101 cm³/mol. The highest BCUT2D eigenvalue weighted by atomic mass is 79.9. The third kappa shape index (κ3) is 6.18. The minimum atomic E-state index is -0.360. The van der Waals surface area contributed by atoms with Crippen LogP contribution in [0.25, 0.3) is 6.08 Å². The number of amides is 1. The molecule has 0 aliphatic carbocycles. The number of hydrazone groups is 1. The molecule has 0 aliphatic rings. The minimum Gasteiger partial charge on any atom is -0.482 e. The van der Waals surface area contributed by atoms with Crippen LogP contribution >= 0.6 is 27.5 Å². The van der Waals surface area contributed by atoms with Crippen molar-refractivity contribution in [2.75, 3.05) is 6.61 Å². The molecule has 0 saturated heterocycles. The van der Waals surface area contributed by atoms with E-state index in [0.29, 0.717) is 16.5 Å². The SMILES string of the molecule is CC(C=Cc1ccccc1)=NNC(=O)COc1ccc(Br)cc1Cl. The van der Waals surface area contributed by atoms with Gasteiger partial charge in [0.15, 0.2) is 6.61 Å². The Morgan fingerprint density at radius 2 is 2.04 bits per heavy atom. The number of hydrogen-bond donors (Lipinski definition) is 1. The monoisotopic (exact) mass is 406 g/mol. The van der Waals surface area contributed by atoms with Crippen molar-refractivity contribution >= 4 is 45.2 Å². The van der Waals surface area contributed by atoms with Crippen LogP contribution in [0.1, 0.15) is 12.5 Å². The fourth-order valence-electron chi connectivity index (χ4n) is 1.74. The molecule has 2 aromatic carbocycles. The normalized spacial score (nSPS) is 11.5. The van der Waals surface area contributed by atoms with Crippen LogP contribution < -0.4 is 10.2 Å². The van der Waals surface area contributed by atoms with Gasteiger partial charge in [-0.2, -0.15) is 5.10 Å². The smallest absolute Gasteiger partial charge is 0.277 e. The summed E-state index contributed by atoms with van der Waals surface area (Å²) < 4.78 is 6.21. The molecule has 0 saturated carbocycles. The number of ether oxygens (including phenoxy) is 1. The van der Waals surface area contributed by atoms with Gasteiger partial charge in [-0.05, 0) is 36.8 Å². The Morgan fingerprint density at radius 3 is 2.75 bits per heavy atom. The van der Waals surface area contributed by atoms with Crippen molar-refractivity contribution in [2.24, 2.45) is 5.10 Å². The fourth-order valence-corrected chi connectivity index (χ4v) is 2.46. The van der Waals surface area contributed by atoms with Crippen LogP contribution in [-0.2, 0) is 4.79 Å². The molecule has 0 heterocycles. The molecule has 6 heteroatoms. The number of carbonyl (C=O) groups is 1. The third-order valence-corrected chi connectivity index (χ3v) is 3.71. The number of hydrogen-bond acceptors (Lipinski definition) is 3. The highest BCUT2D eigenvalue weighted by Crippen LogP contribution is 2.27. The molecule has 1 N–H and O–H groups in total. The molecule has 2 aromatic rings. The maximum absolute atomic E-state index is 11.8. The molecule has 1 amide bonds. The molecule has 0 fully saturated rings. The number of rotatable bonds is 6. The second-order valence-corrected chi connectivity index (χ2v) is 6.22. The van der Waals surface area contributed by atoms with E-state index in [-0.39, 0.29) is 12.5 Å². The summed E-state index contributed by atoms with van der Waals surface area (Å²) in [6.45, 7) is 1.63. The van der Waals surface area contributed by atoms with Gasteiger partial charge in [-0.1, -0.05) is 63.9 Å². The molecule has 0 spiro atoms. The highest BCUT2D eigenvalue weighted by Gasteiger charge is 2.05. The molecule has 0 aliphatic heterocycles. The lowest BCUT2D eigenvalue weighted by Crippen LogP contribution is -2.25. The number of carbonyl (C=O) groups excluding carboxylic acids is 1. The summed E-state index contributed by atoms with van der Waals surface area (Å²) in [6, 6.07) is 15.0. The fraction of sp³-hybridized carbons (Fsp3) is 0.111. The molecule has 0 bridgehead atoms. The first-order chi connectivity index (χ1) is 11.5. The van der Waals surface area contributed by atoms with Crippen LogP contribution in [-0.4, -0.2) is 18.2 Å². The van der Waals surface area contributed by atoms with E-state index in [0.717, 1.165) is 10.0 Å². The van der Waals surface area contributed by atoms with Gasteiger partial charge in [0.25, 0.3) is 5.91 Å². The Bertz CT molecular complexity index is 761. The van der Waals surface area contributed by atoms with Gasteiger partial charge in [0.1, 0.15) is 5.75 Å². The van der Waals surface area contributed by atoms with Crippen LogP contribution in [0, 0.1) is 0 Å². The average molecular weight is 408 g/mol. The van der Waals surface area contributed by atoms with E-state index in [1.54, 1.807) is 25.1 Å². The first-order valence-corrected chi connectivity index (χ1v) is 8.36. The zero-order chi connectivity index (χ0) is 17.4. The van der Waals surface area contributed by atoms with E-state index in [1.165, 1.54) is 0 Å². The van der Waals surface area contributed by atoms with E-state index >= 15 is 0 Å². The van der Waals surface area contributed by atoms with Gasteiger partial charge in [-0.3, -0.25) is 4.79 Å². The summed E-state index contributed by atoms with van der Waals surface area (Å²) in [4.78, 5) is 11.8. The molecule has 0 atom stereocenters. The molecule has 4 nitrogen and oxygen atoms in total. The van der Waals surface area contributed by atoms with Gasteiger partial charge < -0.3 is 4.74 Å². The van der Waals surface area contributed by atoms with Gasteiger partial charge in [0.2, 0.25) is 0 Å². The maximum Gasteiger partial charge on any atom is 0.277 e. The van der Waals surface area contributed by atoms with Crippen molar-refractivity contribution in [1.29, 1.82) is 0 Å². The molecule has 0 aromatic heterocycles. The Labute approximate surface area is 154 Å². The van der Waals surface area contributed by atoms with E-state index in [2.05, 4.69) is 26.5 Å². The Balaban J connectivity index is 1.82. The van der Waals surface area contributed by atoms with Gasteiger partial charge in [0.05, 0.1) is 10.7 Å². The summed E-state index contributed by atoms with van der Waals surface area (Å²) in [5, 5.41) is 4.43. The van der Waals surface area contributed by atoms with Crippen LogP contribution in [0.5, 0.6) is 5.75 Å². The number of nitrogens with zero attached hydrogens (tertiary/aromatic N) is 1. The lowest BCUT2D eigenvalue weighted by Gasteiger charge is -2.07. The van der Waals surface area contributed by atoms with Gasteiger partial charge >= 0.3 is 0 Å². The zero-order valence-electron chi connectivity index (χ0n) is 13.0. The average Bonchev–Trinajstić information content (AvgIpc) is 2.58. The van der Waals surface area contributed by atoms with Crippen molar-refractivity contribution in [3.63, 3.8) is 0 Å². The number of halogens is 2. The molecular weight excluding hydrogens is 392 g/mol. The Kier molecular flexibility index (Phi) is 7.03. The Morgan fingerprint density at radius 1 is 1.29 bits per heavy atom. The van der Waals surface area contributed by atoms with Crippen molar-refractivity contribution < 1.29 is 9.53 Å². The topological polar surface area (TPSA) is 50.7 Å². The minimum absolute atomic E-state index is 0.166. The van der Waals surface area contributed by atoms with E-state index in [4.69, 9.17) is 16.3 Å². The summed E-state index contributed by atoms with van der Waals surface area (Å²) in [5.41, 5.74) is 4.18. The third-order valence-electron chi connectivity index (χ3n) is 2.93. The van der Waals surface area contributed by atoms with Gasteiger partial charge in [-0.25, -0.2) is 5.43 Å². The number of benzene rings is 2. The van der Waals surface area contributed by atoms with Gasteiger partial charge in [-0.15, -0.1) is 0 Å². The quantitative estimate of drug-likeness (QED) is 0.558. The van der Waals surface area contributed by atoms with Crippen molar-refractivity contribution in [2.45, 2.75) is 6.92 Å². The van der Waals surface area contributed by atoms with E-state index < -0.39 is 0 Å². The lowest BCUT2D eigenvalue weighted by atomic mass is 10.2.